The Labute approximate surface area is 161 Å². The van der Waals surface area contributed by atoms with Crippen LogP contribution in [0.25, 0.3) is 0 Å². The molecule has 1 amide bonds. The summed E-state index contributed by atoms with van der Waals surface area (Å²) in [6, 6.07) is 11.2. The molecule has 0 spiro atoms. The number of nitrogens with one attached hydrogen (secondary N) is 2. The molecule has 7 nitrogen and oxygen atoms in total. The second-order valence-corrected chi connectivity index (χ2v) is 5.80. The summed E-state index contributed by atoms with van der Waals surface area (Å²) in [5.74, 6) is 0.918. The van der Waals surface area contributed by atoms with Gasteiger partial charge in [-0.25, -0.2) is 14.4 Å². The first-order valence-electron chi connectivity index (χ1n) is 8.43. The Hall–Kier alpha value is -3.68. The molecule has 1 aromatic heterocycles. The lowest BCUT2D eigenvalue weighted by Crippen LogP contribution is -2.23. The highest BCUT2D eigenvalue weighted by molar-refractivity contribution is 5.93. The van der Waals surface area contributed by atoms with Gasteiger partial charge in [0.1, 0.15) is 17.3 Å². The Morgan fingerprint density at radius 3 is 2.39 bits per heavy atom. The Kier molecular flexibility index (Phi) is 6.01. The molecule has 0 aliphatic carbocycles. The van der Waals surface area contributed by atoms with Crippen LogP contribution < -0.4 is 20.1 Å². The van der Waals surface area contributed by atoms with E-state index in [4.69, 9.17) is 9.47 Å². The van der Waals surface area contributed by atoms with Gasteiger partial charge in [0, 0.05) is 25.0 Å². The van der Waals surface area contributed by atoms with Crippen LogP contribution in [0.1, 0.15) is 15.9 Å². The van der Waals surface area contributed by atoms with Crippen molar-refractivity contribution in [3.8, 4) is 11.5 Å². The molecule has 1 heterocycles. The van der Waals surface area contributed by atoms with Gasteiger partial charge in [0.15, 0.2) is 0 Å². The average molecular weight is 382 g/mol. The Bertz CT molecular complexity index is 947. The monoisotopic (exact) mass is 382 g/mol. The summed E-state index contributed by atoms with van der Waals surface area (Å²) >= 11 is 0. The zero-order valence-corrected chi connectivity index (χ0v) is 15.4. The number of hydrogen-bond donors (Lipinski definition) is 2. The fraction of sp³-hybridized carbons (Fsp3) is 0.150. The largest absolute Gasteiger partial charge is 0.497 e. The minimum absolute atomic E-state index is 0.278. The van der Waals surface area contributed by atoms with Crippen molar-refractivity contribution in [2.45, 2.75) is 6.54 Å². The first kappa shape index (κ1) is 19.1. The lowest BCUT2D eigenvalue weighted by Gasteiger charge is -2.11. The maximum absolute atomic E-state index is 12.9. The van der Waals surface area contributed by atoms with Gasteiger partial charge in [-0.05, 0) is 29.8 Å². The normalized spacial score (nSPS) is 10.2. The van der Waals surface area contributed by atoms with Crippen LogP contribution in [0.3, 0.4) is 0 Å². The van der Waals surface area contributed by atoms with E-state index in [-0.39, 0.29) is 18.3 Å². The molecule has 8 heteroatoms. The molecule has 2 aromatic carbocycles. The molecule has 0 fully saturated rings. The number of amides is 1. The molecular weight excluding hydrogens is 363 g/mol. The van der Waals surface area contributed by atoms with Crippen LogP contribution in [0.15, 0.2) is 54.9 Å². The van der Waals surface area contributed by atoms with Gasteiger partial charge in [0.2, 0.25) is 5.95 Å². The molecule has 3 rings (SSSR count). The topological polar surface area (TPSA) is 85.4 Å². The Balaban J connectivity index is 1.64. The van der Waals surface area contributed by atoms with Crippen molar-refractivity contribution in [2.75, 3.05) is 19.5 Å². The number of anilines is 2. The van der Waals surface area contributed by atoms with E-state index in [2.05, 4.69) is 20.6 Å². The maximum Gasteiger partial charge on any atom is 0.254 e. The smallest absolute Gasteiger partial charge is 0.254 e. The average Bonchev–Trinajstić information content (AvgIpc) is 2.73. The quantitative estimate of drug-likeness (QED) is 0.652. The number of halogens is 1. The summed E-state index contributed by atoms with van der Waals surface area (Å²) in [6.45, 7) is 0.278. The lowest BCUT2D eigenvalue weighted by molar-refractivity contribution is 0.0950. The molecule has 2 N–H and O–H groups in total. The number of nitrogens with zero attached hydrogens (tertiary/aromatic N) is 2. The maximum atomic E-state index is 12.9. The van der Waals surface area contributed by atoms with Crippen LogP contribution in [-0.2, 0) is 6.54 Å². The van der Waals surface area contributed by atoms with Crippen molar-refractivity contribution in [1.29, 1.82) is 0 Å². The van der Waals surface area contributed by atoms with E-state index in [1.165, 1.54) is 24.5 Å². The van der Waals surface area contributed by atoms with Gasteiger partial charge >= 0.3 is 0 Å². The van der Waals surface area contributed by atoms with E-state index in [9.17, 15) is 9.18 Å². The van der Waals surface area contributed by atoms with E-state index >= 15 is 0 Å². The van der Waals surface area contributed by atoms with Crippen LogP contribution in [0, 0.1) is 5.82 Å². The molecule has 0 bridgehead atoms. The molecule has 0 unspecified atom stereocenters. The highest BCUT2D eigenvalue weighted by Crippen LogP contribution is 2.30. The Morgan fingerprint density at radius 2 is 1.75 bits per heavy atom. The van der Waals surface area contributed by atoms with Crippen molar-refractivity contribution in [3.05, 3.63) is 71.8 Å². The van der Waals surface area contributed by atoms with Gasteiger partial charge in [-0.1, -0.05) is 12.1 Å². The van der Waals surface area contributed by atoms with Gasteiger partial charge in [-0.2, -0.15) is 0 Å². The van der Waals surface area contributed by atoms with Crippen LogP contribution in [0.4, 0.5) is 16.0 Å². The van der Waals surface area contributed by atoms with Crippen molar-refractivity contribution in [1.82, 2.24) is 15.3 Å². The second-order valence-electron chi connectivity index (χ2n) is 5.80. The SMILES string of the molecule is COc1ccc(OC)c(Nc2ncc(C(=O)NCc3ccc(F)cc3)cn2)c1. The minimum atomic E-state index is -0.324. The number of rotatable bonds is 7. The fourth-order valence-electron chi connectivity index (χ4n) is 2.43. The van der Waals surface area contributed by atoms with Crippen molar-refractivity contribution < 1.29 is 18.7 Å². The summed E-state index contributed by atoms with van der Waals surface area (Å²) < 4.78 is 23.4. The summed E-state index contributed by atoms with van der Waals surface area (Å²) in [4.78, 5) is 20.5. The van der Waals surface area contributed by atoms with Gasteiger partial charge < -0.3 is 20.1 Å². The van der Waals surface area contributed by atoms with Crippen LogP contribution >= 0.6 is 0 Å². The summed E-state index contributed by atoms with van der Waals surface area (Å²) in [5, 5.41) is 5.77. The molecule has 3 aromatic rings. The van der Waals surface area contributed by atoms with Gasteiger partial charge in [0.05, 0.1) is 25.5 Å². The lowest BCUT2D eigenvalue weighted by atomic mass is 10.2. The molecular formula is C20H19FN4O3. The van der Waals surface area contributed by atoms with Gasteiger partial charge in [-0.15, -0.1) is 0 Å². The minimum Gasteiger partial charge on any atom is -0.497 e. The predicted molar refractivity (Wildman–Crippen MR) is 102 cm³/mol. The molecule has 0 radical (unpaired) electrons. The molecule has 0 aliphatic heterocycles. The third-order valence-electron chi connectivity index (χ3n) is 3.93. The summed E-state index contributed by atoms with van der Waals surface area (Å²) in [7, 11) is 3.13. The molecule has 0 saturated heterocycles. The third kappa shape index (κ3) is 4.73. The van der Waals surface area contributed by atoms with E-state index in [0.29, 0.717) is 28.7 Å². The van der Waals surface area contributed by atoms with E-state index in [1.807, 2.05) is 0 Å². The third-order valence-corrected chi connectivity index (χ3v) is 3.93. The highest BCUT2D eigenvalue weighted by Gasteiger charge is 2.10. The van der Waals surface area contributed by atoms with Crippen LogP contribution in [-0.4, -0.2) is 30.1 Å². The zero-order chi connectivity index (χ0) is 19.9. The number of benzene rings is 2. The van der Waals surface area contributed by atoms with Crippen molar-refractivity contribution >= 4 is 17.5 Å². The molecule has 0 atom stereocenters. The number of carbonyl (C=O) groups excluding carboxylic acids is 1. The van der Waals surface area contributed by atoms with Crippen molar-refractivity contribution in [2.24, 2.45) is 0 Å². The Morgan fingerprint density at radius 1 is 1.04 bits per heavy atom. The standard InChI is InChI=1S/C20H19FN4O3/c1-27-16-7-8-18(28-2)17(9-16)25-20-23-11-14(12-24-20)19(26)22-10-13-3-5-15(21)6-4-13/h3-9,11-12H,10H2,1-2H3,(H,22,26)(H,23,24,25). The van der Waals surface area contributed by atoms with Crippen molar-refractivity contribution in [3.63, 3.8) is 0 Å². The zero-order valence-electron chi connectivity index (χ0n) is 15.4. The van der Waals surface area contributed by atoms with Gasteiger partial charge in [0.25, 0.3) is 5.91 Å². The summed E-state index contributed by atoms with van der Waals surface area (Å²) in [5.41, 5.74) is 1.74. The van der Waals surface area contributed by atoms with Gasteiger partial charge in [-0.3, -0.25) is 4.79 Å². The second kappa shape index (κ2) is 8.81. The van der Waals surface area contributed by atoms with E-state index < -0.39 is 0 Å². The molecule has 144 valence electrons. The number of ether oxygens (including phenoxy) is 2. The van der Waals surface area contributed by atoms with E-state index in [0.717, 1.165) is 5.56 Å². The van der Waals surface area contributed by atoms with Crippen LogP contribution in [0.2, 0.25) is 0 Å². The number of aromatic nitrogens is 2. The summed E-state index contributed by atoms with van der Waals surface area (Å²) in [6.07, 6.45) is 2.84. The highest BCUT2D eigenvalue weighted by atomic mass is 19.1. The first-order valence-corrected chi connectivity index (χ1v) is 8.43. The predicted octanol–water partition coefficient (Wildman–Crippen LogP) is 3.31. The molecule has 0 aliphatic rings. The fourth-order valence-corrected chi connectivity index (χ4v) is 2.43. The molecule has 0 saturated carbocycles. The van der Waals surface area contributed by atoms with Crippen LogP contribution in [0.5, 0.6) is 11.5 Å². The van der Waals surface area contributed by atoms with E-state index in [1.54, 1.807) is 44.6 Å². The number of methoxy groups -OCH3 is 2. The number of carbonyl (C=O) groups is 1. The molecule has 28 heavy (non-hydrogen) atoms. The first-order chi connectivity index (χ1) is 13.6. The number of hydrogen-bond acceptors (Lipinski definition) is 6.